The van der Waals surface area contributed by atoms with Crippen LogP contribution in [0.5, 0.6) is 0 Å². The zero-order valence-corrected chi connectivity index (χ0v) is 19.5. The molecule has 0 spiro atoms. The molecule has 0 aliphatic carbocycles. The molecule has 3 heterocycles. The van der Waals surface area contributed by atoms with Gasteiger partial charge in [-0.2, -0.15) is 0 Å². The van der Waals surface area contributed by atoms with Crippen molar-refractivity contribution < 1.29 is 0 Å². The van der Waals surface area contributed by atoms with Crippen molar-refractivity contribution in [2.75, 3.05) is 0 Å². The number of alkyl halides is 1. The van der Waals surface area contributed by atoms with Crippen molar-refractivity contribution in [3.8, 4) is 21.7 Å². The van der Waals surface area contributed by atoms with E-state index in [1.54, 1.807) is 15.9 Å². The van der Waals surface area contributed by atoms with Crippen LogP contribution in [0.1, 0.15) is 5.69 Å². The Morgan fingerprint density at radius 2 is 1.73 bits per heavy atom. The van der Waals surface area contributed by atoms with Crippen LogP contribution in [0.25, 0.3) is 43.6 Å². The van der Waals surface area contributed by atoms with E-state index in [1.165, 1.54) is 0 Å². The van der Waals surface area contributed by atoms with Crippen LogP contribution < -0.4 is 5.56 Å². The lowest BCUT2D eigenvalue weighted by Gasteiger charge is -2.08. The molecule has 5 aromatic rings. The van der Waals surface area contributed by atoms with Crippen molar-refractivity contribution in [1.29, 1.82) is 0 Å². The molecule has 0 aliphatic rings. The van der Waals surface area contributed by atoms with E-state index < -0.39 is 0 Å². The summed E-state index contributed by atoms with van der Waals surface area (Å²) in [5.41, 5.74) is 5.49. The van der Waals surface area contributed by atoms with E-state index in [-0.39, 0.29) is 5.56 Å². The average Bonchev–Trinajstić information content (AvgIpc) is 3.34. The molecule has 0 amide bonds. The molecule has 30 heavy (non-hydrogen) atoms. The Hall–Kier alpha value is -2.41. The molecule has 0 aliphatic heterocycles. The highest BCUT2D eigenvalue weighted by atomic mass is 79.9. The van der Waals surface area contributed by atoms with E-state index in [4.69, 9.17) is 11.6 Å². The first-order valence-electron chi connectivity index (χ1n) is 9.37. The number of aryl methyl sites for hydroxylation is 2. The first-order chi connectivity index (χ1) is 14.5. The summed E-state index contributed by atoms with van der Waals surface area (Å²) in [6.45, 7) is 0. The van der Waals surface area contributed by atoms with Crippen molar-refractivity contribution in [1.82, 2.24) is 14.1 Å². The fraction of sp³-hybridized carbons (Fsp3) is 0.130. The Kier molecular flexibility index (Phi) is 4.81. The van der Waals surface area contributed by atoms with E-state index in [1.807, 2.05) is 49.8 Å². The van der Waals surface area contributed by atoms with Crippen LogP contribution in [-0.2, 0) is 20.0 Å². The minimum atomic E-state index is -0.0115. The van der Waals surface area contributed by atoms with Gasteiger partial charge < -0.3 is 4.57 Å². The van der Waals surface area contributed by atoms with Crippen molar-refractivity contribution in [3.05, 3.63) is 74.4 Å². The molecule has 0 radical (unpaired) electrons. The summed E-state index contributed by atoms with van der Waals surface area (Å²) >= 11 is 11.0. The van der Waals surface area contributed by atoms with Gasteiger partial charge in [-0.05, 0) is 42.0 Å². The number of hydrogen-bond acceptors (Lipinski definition) is 3. The van der Waals surface area contributed by atoms with E-state index in [2.05, 4.69) is 43.7 Å². The van der Waals surface area contributed by atoms with Gasteiger partial charge in [0.25, 0.3) is 5.56 Å². The average molecular weight is 499 g/mol. The second kappa shape index (κ2) is 7.38. The maximum Gasteiger partial charge on any atom is 0.259 e. The smallest absolute Gasteiger partial charge is 0.259 e. The second-order valence-corrected chi connectivity index (χ2v) is 9.28. The maximum absolute atomic E-state index is 13.1. The fourth-order valence-electron chi connectivity index (χ4n) is 3.96. The third-order valence-corrected chi connectivity index (χ3v) is 7.18. The minimum Gasteiger partial charge on any atom is -0.330 e. The monoisotopic (exact) mass is 497 g/mol. The third kappa shape index (κ3) is 3.02. The normalized spacial score (nSPS) is 11.6. The van der Waals surface area contributed by atoms with Crippen LogP contribution in [0.4, 0.5) is 0 Å². The molecule has 2 aromatic carbocycles. The highest BCUT2D eigenvalue weighted by molar-refractivity contribution is 9.10. The topological polar surface area (TPSA) is 39.8 Å². The summed E-state index contributed by atoms with van der Waals surface area (Å²) in [4.78, 5) is 17.8. The van der Waals surface area contributed by atoms with Gasteiger partial charge >= 0.3 is 0 Å². The molecule has 0 saturated heterocycles. The van der Waals surface area contributed by atoms with Crippen LogP contribution in [0.2, 0.25) is 0 Å². The predicted molar refractivity (Wildman–Crippen MR) is 129 cm³/mol. The van der Waals surface area contributed by atoms with Crippen molar-refractivity contribution in [3.63, 3.8) is 0 Å². The summed E-state index contributed by atoms with van der Waals surface area (Å²) in [6.07, 6.45) is 0. The molecule has 5 rings (SSSR count). The van der Waals surface area contributed by atoms with Gasteiger partial charge in [0, 0.05) is 45.8 Å². The molecule has 150 valence electrons. The lowest BCUT2D eigenvalue weighted by atomic mass is 10.0. The van der Waals surface area contributed by atoms with Gasteiger partial charge in [0.05, 0.1) is 17.1 Å². The lowest BCUT2D eigenvalue weighted by molar-refractivity contribution is 0.846. The number of aromatic nitrogens is 3. The SMILES string of the molecule is Cn1c(=O)c(-c2ccc(Br)cc2)cc2c3cc(-c4nc(CCl)cs4)ccc3n(C)c21. The second-order valence-electron chi connectivity index (χ2n) is 7.23. The number of benzene rings is 2. The number of nitrogens with zero attached hydrogens (tertiary/aromatic N) is 3. The van der Waals surface area contributed by atoms with Crippen molar-refractivity contribution >= 4 is 60.8 Å². The van der Waals surface area contributed by atoms with Gasteiger partial charge in [0.1, 0.15) is 10.7 Å². The summed E-state index contributed by atoms with van der Waals surface area (Å²) in [5.74, 6) is 0.408. The highest BCUT2D eigenvalue weighted by Crippen LogP contribution is 2.34. The van der Waals surface area contributed by atoms with Crippen molar-refractivity contribution in [2.24, 2.45) is 14.1 Å². The molecule has 0 atom stereocenters. The predicted octanol–water partition coefficient (Wildman–Crippen LogP) is 6.32. The molecule has 0 saturated carbocycles. The first-order valence-corrected chi connectivity index (χ1v) is 11.6. The van der Waals surface area contributed by atoms with Crippen LogP contribution in [-0.4, -0.2) is 14.1 Å². The number of rotatable bonds is 3. The minimum absolute atomic E-state index is 0.0115. The Morgan fingerprint density at radius 3 is 2.43 bits per heavy atom. The van der Waals surface area contributed by atoms with Gasteiger partial charge in [-0.3, -0.25) is 9.36 Å². The number of thiazole rings is 1. The van der Waals surface area contributed by atoms with E-state index in [9.17, 15) is 4.79 Å². The Morgan fingerprint density at radius 1 is 1.00 bits per heavy atom. The maximum atomic E-state index is 13.1. The molecule has 0 N–H and O–H groups in total. The highest BCUT2D eigenvalue weighted by Gasteiger charge is 2.17. The van der Waals surface area contributed by atoms with E-state index in [0.29, 0.717) is 11.4 Å². The summed E-state index contributed by atoms with van der Waals surface area (Å²) < 4.78 is 4.80. The molecule has 4 nitrogen and oxygen atoms in total. The molecule has 0 fully saturated rings. The standard InChI is InChI=1S/C23H17BrClN3OS/c1-27-20-8-5-14(21-26-16(11-25)12-30-21)9-18(20)19-10-17(23(29)28(2)22(19)27)13-3-6-15(24)7-4-13/h3-10,12H,11H2,1-2H3. The van der Waals surface area contributed by atoms with E-state index in [0.717, 1.165) is 48.2 Å². The number of fused-ring (bicyclic) bond motifs is 3. The lowest BCUT2D eigenvalue weighted by Crippen LogP contribution is -2.20. The number of halogens is 2. The molecule has 3 aromatic heterocycles. The Labute approximate surface area is 190 Å². The zero-order valence-electron chi connectivity index (χ0n) is 16.3. The Bertz CT molecular complexity index is 1480. The Balaban J connectivity index is 1.81. The van der Waals surface area contributed by atoms with Gasteiger partial charge in [0.2, 0.25) is 0 Å². The van der Waals surface area contributed by atoms with E-state index >= 15 is 0 Å². The largest absolute Gasteiger partial charge is 0.330 e. The van der Waals surface area contributed by atoms with Crippen LogP contribution in [0, 0.1) is 0 Å². The summed E-state index contributed by atoms with van der Waals surface area (Å²) in [6, 6.07) is 16.2. The summed E-state index contributed by atoms with van der Waals surface area (Å²) in [5, 5.41) is 5.08. The molecular weight excluding hydrogens is 482 g/mol. The number of hydrogen-bond donors (Lipinski definition) is 0. The molecule has 0 bridgehead atoms. The fourth-order valence-corrected chi connectivity index (χ4v) is 5.27. The molecular formula is C23H17BrClN3OS. The summed E-state index contributed by atoms with van der Waals surface area (Å²) in [7, 11) is 3.83. The van der Waals surface area contributed by atoms with Crippen LogP contribution in [0.3, 0.4) is 0 Å². The van der Waals surface area contributed by atoms with Crippen molar-refractivity contribution in [2.45, 2.75) is 5.88 Å². The quantitative estimate of drug-likeness (QED) is 0.273. The third-order valence-electron chi connectivity index (χ3n) is 5.44. The van der Waals surface area contributed by atoms with Gasteiger partial charge in [-0.1, -0.05) is 28.1 Å². The first kappa shape index (κ1) is 19.5. The van der Waals surface area contributed by atoms with Gasteiger partial charge in [0.15, 0.2) is 0 Å². The molecule has 7 heteroatoms. The van der Waals surface area contributed by atoms with Gasteiger partial charge in [-0.15, -0.1) is 22.9 Å². The van der Waals surface area contributed by atoms with Crippen LogP contribution in [0.15, 0.2) is 63.2 Å². The number of pyridine rings is 1. The van der Waals surface area contributed by atoms with Crippen LogP contribution >= 0.6 is 38.9 Å². The molecule has 0 unspecified atom stereocenters. The zero-order chi connectivity index (χ0) is 21.0. The van der Waals surface area contributed by atoms with Gasteiger partial charge in [-0.25, -0.2) is 4.98 Å².